The minimum atomic E-state index is -0.595. The van der Waals surface area contributed by atoms with Crippen LogP contribution < -0.4 is 0 Å². The summed E-state index contributed by atoms with van der Waals surface area (Å²) < 4.78 is 12.9. The third-order valence-electron chi connectivity index (χ3n) is 6.79. The van der Waals surface area contributed by atoms with Crippen LogP contribution in [-0.4, -0.2) is 66.2 Å². The Kier molecular flexibility index (Phi) is 6.31. The molecule has 3 saturated heterocycles. The molecule has 0 amide bonds. The van der Waals surface area contributed by atoms with Crippen LogP contribution in [0.2, 0.25) is 0 Å². The molecule has 5 nitrogen and oxygen atoms in total. The number of hydrogen-bond donors (Lipinski definition) is 1. The maximum absolute atomic E-state index is 12.7. The molecular weight excluding hydrogens is 410 g/mol. The first kappa shape index (κ1) is 20.8. The van der Waals surface area contributed by atoms with E-state index in [4.69, 9.17) is 9.47 Å². The topological polar surface area (TPSA) is 59.1 Å². The molecule has 0 aromatic heterocycles. The summed E-state index contributed by atoms with van der Waals surface area (Å²) in [5.41, 5.74) is 0.813. The van der Waals surface area contributed by atoms with Crippen LogP contribution in [0, 0.1) is 0 Å². The van der Waals surface area contributed by atoms with Crippen LogP contribution in [0.3, 0.4) is 0 Å². The molecule has 27 heavy (non-hydrogen) atoms. The van der Waals surface area contributed by atoms with E-state index in [0.717, 1.165) is 22.9 Å². The lowest BCUT2D eigenvalue weighted by Crippen LogP contribution is -2.62. The van der Waals surface area contributed by atoms with Gasteiger partial charge in [-0.3, -0.25) is 4.79 Å². The molecule has 1 N–H and O–H groups in total. The van der Waals surface area contributed by atoms with E-state index >= 15 is 0 Å². The van der Waals surface area contributed by atoms with Crippen molar-refractivity contribution in [2.45, 2.75) is 68.9 Å². The van der Waals surface area contributed by atoms with Gasteiger partial charge in [0.2, 0.25) is 0 Å². The van der Waals surface area contributed by atoms with Gasteiger partial charge in [-0.1, -0.05) is 43.7 Å². The first-order chi connectivity index (χ1) is 12.6. The summed E-state index contributed by atoms with van der Waals surface area (Å²) in [6.07, 6.45) is 4.83. The van der Waals surface area contributed by atoms with E-state index < -0.39 is 5.92 Å². The highest BCUT2D eigenvalue weighted by atomic mass is 79.9. The number of unbranched alkanes of at least 4 members (excludes halogenated alkanes) is 1. The fourth-order valence-corrected chi connectivity index (χ4v) is 5.23. The third kappa shape index (κ3) is 3.69. The molecule has 4 rings (SSSR count). The van der Waals surface area contributed by atoms with Crippen molar-refractivity contribution in [2.75, 3.05) is 20.2 Å². The molecular formula is C21H31BrNO4+. The van der Waals surface area contributed by atoms with Gasteiger partial charge in [-0.15, -0.1) is 17.0 Å². The summed E-state index contributed by atoms with van der Waals surface area (Å²) in [6.45, 7) is 3.20. The minimum Gasteiger partial charge on any atom is -0.461 e. The molecule has 3 aliphatic rings. The van der Waals surface area contributed by atoms with Gasteiger partial charge in [0.15, 0.2) is 0 Å². The number of ether oxygens (including phenoxy) is 2. The van der Waals surface area contributed by atoms with Crippen LogP contribution in [0.25, 0.3) is 0 Å². The minimum absolute atomic E-state index is 0. The van der Waals surface area contributed by atoms with Crippen molar-refractivity contribution >= 4 is 23.0 Å². The van der Waals surface area contributed by atoms with Crippen LogP contribution in [0.4, 0.5) is 0 Å². The largest absolute Gasteiger partial charge is 0.461 e. The normalized spacial score (nSPS) is 37.1. The number of quaternary nitrogens is 1. The number of piperidine rings is 1. The van der Waals surface area contributed by atoms with Crippen molar-refractivity contribution < 1.29 is 23.9 Å². The van der Waals surface area contributed by atoms with Gasteiger partial charge in [0.25, 0.3) is 0 Å². The fraction of sp³-hybridized carbons (Fsp3) is 0.667. The highest BCUT2D eigenvalue weighted by Crippen LogP contribution is 2.52. The molecule has 3 fully saturated rings. The molecule has 0 aliphatic carbocycles. The maximum atomic E-state index is 12.7. The Labute approximate surface area is 172 Å². The number of morpholine rings is 1. The summed E-state index contributed by atoms with van der Waals surface area (Å²) in [4.78, 5) is 12.7. The molecule has 6 heteroatoms. The zero-order valence-electron chi connectivity index (χ0n) is 16.1. The van der Waals surface area contributed by atoms with E-state index in [1.54, 1.807) is 0 Å². The number of likely N-dealkylation sites (N-methyl/N-ethyl adjacent to an activating group) is 1. The quantitative estimate of drug-likeness (QED) is 0.402. The molecule has 5 atom stereocenters. The molecule has 1 aromatic carbocycles. The second kappa shape index (κ2) is 8.19. The number of benzene rings is 1. The van der Waals surface area contributed by atoms with Gasteiger partial charge in [-0.05, 0) is 12.0 Å². The first-order valence-electron chi connectivity index (χ1n) is 9.95. The van der Waals surface area contributed by atoms with Crippen molar-refractivity contribution in [1.82, 2.24) is 0 Å². The number of esters is 1. The van der Waals surface area contributed by atoms with Gasteiger partial charge in [0.05, 0.1) is 20.2 Å². The number of carbonyl (C=O) groups is 1. The second-order valence-electron chi connectivity index (χ2n) is 8.30. The van der Waals surface area contributed by atoms with E-state index in [2.05, 4.69) is 14.0 Å². The number of fused-ring (bicyclic) bond motifs is 5. The average Bonchev–Trinajstić information content (AvgIpc) is 3.40. The SMILES string of the molecule is Br.CCCC[N+]1(C)C2CC(OC(=O)C(CO)c3ccccc3)CC1C1OC12. The van der Waals surface area contributed by atoms with Crippen molar-refractivity contribution in [1.29, 1.82) is 0 Å². The average molecular weight is 441 g/mol. The number of hydrogen-bond acceptors (Lipinski definition) is 4. The Morgan fingerprint density at radius 1 is 1.26 bits per heavy atom. The first-order valence-corrected chi connectivity index (χ1v) is 9.95. The number of aliphatic hydroxyl groups excluding tert-OH is 1. The van der Waals surface area contributed by atoms with E-state index in [9.17, 15) is 9.90 Å². The molecule has 1 aromatic rings. The summed E-state index contributed by atoms with van der Waals surface area (Å²) in [6, 6.07) is 10.3. The van der Waals surface area contributed by atoms with Gasteiger partial charge >= 0.3 is 5.97 Å². The molecule has 3 aliphatic heterocycles. The van der Waals surface area contributed by atoms with Crippen LogP contribution in [0.15, 0.2) is 30.3 Å². The van der Waals surface area contributed by atoms with Crippen molar-refractivity contribution in [3.05, 3.63) is 35.9 Å². The van der Waals surface area contributed by atoms with Gasteiger partial charge < -0.3 is 19.1 Å². The number of nitrogens with zero attached hydrogens (tertiary/aromatic N) is 1. The standard InChI is InChI=1S/C21H30NO4.BrH/c1-3-4-10-22(2)17-11-15(12-18(22)20-19(17)26-20)25-21(24)16(13-23)14-8-6-5-7-9-14;/h5-9,15-20,23H,3-4,10-13H2,1-2H3;1H/q+1;. The lowest BCUT2D eigenvalue weighted by molar-refractivity contribution is -0.956. The van der Waals surface area contributed by atoms with E-state index in [-0.39, 0.29) is 35.7 Å². The lowest BCUT2D eigenvalue weighted by Gasteiger charge is -2.48. The Bertz CT molecular complexity index is 637. The Balaban J connectivity index is 0.00000210. The van der Waals surface area contributed by atoms with Gasteiger partial charge in [0, 0.05) is 12.8 Å². The number of aliphatic hydroxyl groups is 1. The highest BCUT2D eigenvalue weighted by molar-refractivity contribution is 8.93. The van der Waals surface area contributed by atoms with Gasteiger partial charge in [-0.2, -0.15) is 0 Å². The van der Waals surface area contributed by atoms with Crippen molar-refractivity contribution in [3.8, 4) is 0 Å². The summed E-state index contributed by atoms with van der Waals surface area (Å²) >= 11 is 0. The monoisotopic (exact) mass is 440 g/mol. The molecule has 3 heterocycles. The molecule has 2 bridgehead atoms. The maximum Gasteiger partial charge on any atom is 0.316 e. The van der Waals surface area contributed by atoms with Crippen molar-refractivity contribution in [2.24, 2.45) is 0 Å². The summed E-state index contributed by atoms with van der Waals surface area (Å²) in [7, 11) is 2.36. The third-order valence-corrected chi connectivity index (χ3v) is 6.79. The van der Waals surface area contributed by atoms with Crippen LogP contribution >= 0.6 is 17.0 Å². The number of halogens is 1. The van der Waals surface area contributed by atoms with E-state index in [1.807, 2.05) is 30.3 Å². The molecule has 150 valence electrons. The molecule has 0 saturated carbocycles. The Morgan fingerprint density at radius 2 is 1.89 bits per heavy atom. The summed E-state index contributed by atoms with van der Waals surface area (Å²) in [5, 5.41) is 9.70. The zero-order chi connectivity index (χ0) is 18.3. The second-order valence-corrected chi connectivity index (χ2v) is 8.30. The smallest absolute Gasteiger partial charge is 0.316 e. The molecule has 0 spiro atoms. The van der Waals surface area contributed by atoms with Gasteiger partial charge in [0.1, 0.15) is 36.3 Å². The number of epoxide rings is 1. The zero-order valence-corrected chi connectivity index (χ0v) is 17.8. The Morgan fingerprint density at radius 3 is 2.44 bits per heavy atom. The van der Waals surface area contributed by atoms with Gasteiger partial charge in [-0.25, -0.2) is 0 Å². The molecule has 0 radical (unpaired) electrons. The predicted molar refractivity (Wildman–Crippen MR) is 108 cm³/mol. The van der Waals surface area contributed by atoms with E-state index in [1.165, 1.54) is 19.4 Å². The van der Waals surface area contributed by atoms with Crippen LogP contribution in [-0.2, 0) is 14.3 Å². The predicted octanol–water partition coefficient (Wildman–Crippen LogP) is 2.81. The van der Waals surface area contributed by atoms with Crippen molar-refractivity contribution in [3.63, 3.8) is 0 Å². The number of carbonyl (C=O) groups excluding carboxylic acids is 1. The summed E-state index contributed by atoms with van der Waals surface area (Å²) in [5.74, 6) is -0.898. The number of rotatable bonds is 7. The highest BCUT2D eigenvalue weighted by Gasteiger charge is 2.71. The fourth-order valence-electron chi connectivity index (χ4n) is 5.23. The molecule has 5 unspecified atom stereocenters. The van der Waals surface area contributed by atoms with Crippen LogP contribution in [0.5, 0.6) is 0 Å². The Hall–Kier alpha value is -0.950. The lowest BCUT2D eigenvalue weighted by atomic mass is 9.94. The van der Waals surface area contributed by atoms with E-state index in [0.29, 0.717) is 24.3 Å². The van der Waals surface area contributed by atoms with Crippen LogP contribution in [0.1, 0.15) is 44.1 Å².